The first-order chi connectivity index (χ1) is 9.95. The fourth-order valence-corrected chi connectivity index (χ4v) is 3.10. The van der Waals surface area contributed by atoms with E-state index >= 15 is 0 Å². The fourth-order valence-electron chi connectivity index (χ4n) is 2.08. The highest BCUT2D eigenvalue weighted by atomic mass is 32.1. The van der Waals surface area contributed by atoms with E-state index in [0.717, 1.165) is 24.2 Å². The third kappa shape index (κ3) is 2.97. The molecule has 0 fully saturated rings. The van der Waals surface area contributed by atoms with Gasteiger partial charge >= 0.3 is 0 Å². The summed E-state index contributed by atoms with van der Waals surface area (Å²) in [6.45, 7) is 4.45. The first-order valence-corrected chi connectivity index (χ1v) is 7.55. The van der Waals surface area contributed by atoms with Gasteiger partial charge in [0.25, 0.3) is 11.8 Å². The lowest BCUT2D eigenvalue weighted by Crippen LogP contribution is -2.24. The van der Waals surface area contributed by atoms with E-state index in [4.69, 9.17) is 11.5 Å². The number of anilines is 1. The van der Waals surface area contributed by atoms with Crippen LogP contribution in [0.3, 0.4) is 0 Å². The molecule has 112 valence electrons. The lowest BCUT2D eigenvalue weighted by Gasteiger charge is -2.07. The minimum absolute atomic E-state index is 0.209. The van der Waals surface area contributed by atoms with Crippen LogP contribution in [0.25, 0.3) is 10.2 Å². The van der Waals surface area contributed by atoms with Gasteiger partial charge in [0.05, 0.1) is 11.3 Å². The normalized spacial score (nSPS) is 10.8. The zero-order chi connectivity index (χ0) is 15.6. The smallest absolute Gasteiger partial charge is 0.260 e. The number of carbonyl (C=O) groups excluding carboxylic acids is 2. The van der Waals surface area contributed by atoms with Crippen LogP contribution in [-0.4, -0.2) is 23.3 Å². The molecule has 5 N–H and O–H groups in total. The predicted octanol–water partition coefficient (Wildman–Crippen LogP) is 1.82. The van der Waals surface area contributed by atoms with Crippen molar-refractivity contribution in [3.63, 3.8) is 0 Å². The van der Waals surface area contributed by atoms with Gasteiger partial charge in [-0.2, -0.15) is 0 Å². The van der Waals surface area contributed by atoms with E-state index in [-0.39, 0.29) is 16.5 Å². The second-order valence-corrected chi connectivity index (χ2v) is 5.81. The number of hydrogen-bond donors (Lipinski definition) is 3. The number of hydrogen-bond acceptors (Lipinski definition) is 5. The molecule has 21 heavy (non-hydrogen) atoms. The minimum Gasteiger partial charge on any atom is -0.397 e. The molecule has 2 amide bonds. The van der Waals surface area contributed by atoms with E-state index in [2.05, 4.69) is 17.2 Å². The Balaban J connectivity index is 2.52. The van der Waals surface area contributed by atoms with Gasteiger partial charge in [0.2, 0.25) is 0 Å². The van der Waals surface area contributed by atoms with E-state index in [1.165, 1.54) is 0 Å². The standard InChI is InChI=1S/C14H18N4O2S/c1-3-4-5-17-13(20)8-6-7(2)18-14-9(8)10(15)11(21-14)12(16)19/h6H,3-5,15H2,1-2H3,(H2,16,19)(H,17,20). The lowest BCUT2D eigenvalue weighted by molar-refractivity contribution is 0.0953. The quantitative estimate of drug-likeness (QED) is 0.731. The van der Waals surface area contributed by atoms with Crippen LogP contribution < -0.4 is 16.8 Å². The highest BCUT2D eigenvalue weighted by molar-refractivity contribution is 7.21. The second kappa shape index (κ2) is 6.09. The Labute approximate surface area is 126 Å². The molecule has 0 bridgehead atoms. The summed E-state index contributed by atoms with van der Waals surface area (Å²) in [4.78, 5) is 28.8. The maximum absolute atomic E-state index is 12.3. The number of pyridine rings is 1. The summed E-state index contributed by atoms with van der Waals surface area (Å²) in [5.41, 5.74) is 12.6. The monoisotopic (exact) mass is 306 g/mol. The summed E-state index contributed by atoms with van der Waals surface area (Å²) in [5.74, 6) is -0.815. The van der Waals surface area contributed by atoms with Gasteiger partial charge in [-0.05, 0) is 19.4 Å². The van der Waals surface area contributed by atoms with Crippen molar-refractivity contribution in [1.82, 2.24) is 10.3 Å². The topological polar surface area (TPSA) is 111 Å². The third-order valence-electron chi connectivity index (χ3n) is 3.11. The van der Waals surface area contributed by atoms with Gasteiger partial charge in [0.1, 0.15) is 9.71 Å². The molecule has 2 heterocycles. The highest BCUT2D eigenvalue weighted by Crippen LogP contribution is 2.34. The van der Waals surface area contributed by atoms with Crippen molar-refractivity contribution in [1.29, 1.82) is 0 Å². The number of nitrogens with two attached hydrogens (primary N) is 2. The predicted molar refractivity (Wildman–Crippen MR) is 84.5 cm³/mol. The molecule has 0 unspecified atom stereocenters. The van der Waals surface area contributed by atoms with Crippen molar-refractivity contribution < 1.29 is 9.59 Å². The van der Waals surface area contributed by atoms with Gasteiger partial charge in [0, 0.05) is 17.6 Å². The van der Waals surface area contributed by atoms with Crippen molar-refractivity contribution in [2.75, 3.05) is 12.3 Å². The van der Waals surface area contributed by atoms with E-state index in [1.54, 1.807) is 13.0 Å². The molecule has 0 aromatic carbocycles. The number of carbonyl (C=O) groups is 2. The maximum Gasteiger partial charge on any atom is 0.260 e. The van der Waals surface area contributed by atoms with Crippen molar-refractivity contribution in [3.8, 4) is 0 Å². The minimum atomic E-state index is -0.606. The molecule has 2 aromatic heterocycles. The molecule has 0 radical (unpaired) electrons. The van der Waals surface area contributed by atoms with Crippen molar-refractivity contribution in [2.45, 2.75) is 26.7 Å². The van der Waals surface area contributed by atoms with Gasteiger partial charge in [-0.3, -0.25) is 9.59 Å². The maximum atomic E-state index is 12.3. The third-order valence-corrected chi connectivity index (χ3v) is 4.23. The van der Waals surface area contributed by atoms with Crippen LogP contribution in [0.4, 0.5) is 5.69 Å². The molecule has 0 atom stereocenters. The van der Waals surface area contributed by atoms with Crippen molar-refractivity contribution in [2.24, 2.45) is 5.73 Å². The average molecular weight is 306 g/mol. The number of nitrogen functional groups attached to an aromatic ring is 1. The number of amides is 2. The Morgan fingerprint density at radius 2 is 2.14 bits per heavy atom. The molecular formula is C14H18N4O2S. The highest BCUT2D eigenvalue weighted by Gasteiger charge is 2.21. The number of aromatic nitrogens is 1. The van der Waals surface area contributed by atoms with Crippen LogP contribution >= 0.6 is 11.3 Å². The number of nitrogens with one attached hydrogen (secondary N) is 1. The SMILES string of the molecule is CCCCNC(=O)c1cc(C)nc2sc(C(N)=O)c(N)c12. The van der Waals surface area contributed by atoms with Gasteiger partial charge in [-0.15, -0.1) is 11.3 Å². The number of rotatable bonds is 5. The molecule has 7 heteroatoms. The molecule has 6 nitrogen and oxygen atoms in total. The summed E-state index contributed by atoms with van der Waals surface area (Å²) in [5, 5.41) is 3.36. The largest absolute Gasteiger partial charge is 0.397 e. The summed E-state index contributed by atoms with van der Waals surface area (Å²) < 4.78 is 0. The summed E-state index contributed by atoms with van der Waals surface area (Å²) in [7, 11) is 0. The zero-order valence-electron chi connectivity index (χ0n) is 12.0. The number of aryl methyl sites for hydroxylation is 1. The van der Waals surface area contributed by atoms with Gasteiger partial charge in [-0.25, -0.2) is 4.98 Å². The second-order valence-electron chi connectivity index (χ2n) is 4.81. The van der Waals surface area contributed by atoms with Crippen LogP contribution in [0.5, 0.6) is 0 Å². The molecule has 0 spiro atoms. The van der Waals surface area contributed by atoms with E-state index in [1.807, 2.05) is 0 Å². The first-order valence-electron chi connectivity index (χ1n) is 6.73. The molecule has 0 aliphatic carbocycles. The molecule has 0 saturated carbocycles. The Kier molecular flexibility index (Phi) is 4.42. The van der Waals surface area contributed by atoms with E-state index in [0.29, 0.717) is 28.0 Å². The Hall–Kier alpha value is -2.15. The van der Waals surface area contributed by atoms with Crippen LogP contribution in [0.15, 0.2) is 6.07 Å². The Morgan fingerprint density at radius 1 is 1.43 bits per heavy atom. The fraction of sp³-hybridized carbons (Fsp3) is 0.357. The van der Waals surface area contributed by atoms with E-state index in [9.17, 15) is 9.59 Å². The molecular weight excluding hydrogens is 288 g/mol. The number of unbranched alkanes of at least 4 members (excludes halogenated alkanes) is 1. The molecule has 0 aliphatic heterocycles. The van der Waals surface area contributed by atoms with Crippen molar-refractivity contribution in [3.05, 3.63) is 22.2 Å². The molecule has 2 aromatic rings. The number of fused-ring (bicyclic) bond motifs is 1. The van der Waals surface area contributed by atoms with E-state index < -0.39 is 5.91 Å². The molecule has 0 aliphatic rings. The average Bonchev–Trinajstić information content (AvgIpc) is 2.75. The summed E-state index contributed by atoms with van der Waals surface area (Å²) in [6.07, 6.45) is 1.90. The van der Waals surface area contributed by atoms with Crippen LogP contribution in [-0.2, 0) is 0 Å². The number of thiophene rings is 1. The lowest BCUT2D eigenvalue weighted by atomic mass is 10.1. The summed E-state index contributed by atoms with van der Waals surface area (Å²) >= 11 is 1.12. The Morgan fingerprint density at radius 3 is 2.76 bits per heavy atom. The van der Waals surface area contributed by atoms with Crippen LogP contribution in [0, 0.1) is 6.92 Å². The zero-order valence-corrected chi connectivity index (χ0v) is 12.8. The molecule has 0 saturated heterocycles. The Bertz CT molecular complexity index is 709. The first kappa shape index (κ1) is 15.2. The van der Waals surface area contributed by atoms with Crippen LogP contribution in [0.2, 0.25) is 0 Å². The van der Waals surface area contributed by atoms with Crippen molar-refractivity contribution >= 4 is 39.1 Å². The van der Waals surface area contributed by atoms with Gasteiger partial charge < -0.3 is 16.8 Å². The van der Waals surface area contributed by atoms with Crippen LogP contribution in [0.1, 0.15) is 45.5 Å². The number of primary amides is 1. The summed E-state index contributed by atoms with van der Waals surface area (Å²) in [6, 6.07) is 1.68. The van der Waals surface area contributed by atoms with Gasteiger partial charge in [0.15, 0.2) is 0 Å². The number of nitrogens with zero attached hydrogens (tertiary/aromatic N) is 1. The molecule has 2 rings (SSSR count). The van der Waals surface area contributed by atoms with Gasteiger partial charge in [-0.1, -0.05) is 13.3 Å².